The minimum atomic E-state index is -0.257. The van der Waals surface area contributed by atoms with Gasteiger partial charge < -0.3 is 10.6 Å². The lowest BCUT2D eigenvalue weighted by atomic mass is 10.1. The van der Waals surface area contributed by atoms with E-state index in [0.29, 0.717) is 6.54 Å². The molecular weight excluding hydrogens is 216 g/mol. The number of hydrogen-bond acceptors (Lipinski definition) is 3. The first-order chi connectivity index (χ1) is 8.27. The van der Waals surface area contributed by atoms with Crippen molar-refractivity contribution in [1.82, 2.24) is 20.4 Å². The number of carbonyl (C=O) groups is 1. The topological polar surface area (TPSA) is 59.0 Å². The SMILES string of the molecule is CC(C(=O)NCC1=CCNCC1)n1cccn1. The molecule has 1 unspecified atom stereocenters. The first-order valence-electron chi connectivity index (χ1n) is 5.93. The Bertz CT molecular complexity index is 397. The molecule has 1 aliphatic rings. The van der Waals surface area contributed by atoms with Gasteiger partial charge in [-0.25, -0.2) is 0 Å². The Morgan fingerprint density at radius 1 is 1.71 bits per heavy atom. The Labute approximate surface area is 101 Å². The fourth-order valence-corrected chi connectivity index (χ4v) is 1.81. The highest BCUT2D eigenvalue weighted by atomic mass is 16.2. The minimum Gasteiger partial charge on any atom is -0.351 e. The lowest BCUT2D eigenvalue weighted by Crippen LogP contribution is -2.34. The van der Waals surface area contributed by atoms with Gasteiger partial charge in [-0.2, -0.15) is 5.10 Å². The molecule has 1 atom stereocenters. The molecule has 2 heterocycles. The average molecular weight is 234 g/mol. The van der Waals surface area contributed by atoms with Gasteiger partial charge in [-0.3, -0.25) is 9.48 Å². The van der Waals surface area contributed by atoms with Gasteiger partial charge >= 0.3 is 0 Å². The second kappa shape index (κ2) is 5.63. The largest absolute Gasteiger partial charge is 0.351 e. The number of nitrogens with one attached hydrogen (secondary N) is 2. The molecule has 92 valence electrons. The van der Waals surface area contributed by atoms with Crippen molar-refractivity contribution in [3.05, 3.63) is 30.1 Å². The Hall–Kier alpha value is -1.62. The summed E-state index contributed by atoms with van der Waals surface area (Å²) in [6.07, 6.45) is 6.63. The Balaban J connectivity index is 1.83. The normalized spacial score (nSPS) is 17.4. The Morgan fingerprint density at radius 2 is 2.59 bits per heavy atom. The third-order valence-electron chi connectivity index (χ3n) is 2.95. The van der Waals surface area contributed by atoms with E-state index in [1.165, 1.54) is 5.57 Å². The van der Waals surface area contributed by atoms with Crippen LogP contribution in [0.5, 0.6) is 0 Å². The Kier molecular flexibility index (Phi) is 3.93. The van der Waals surface area contributed by atoms with E-state index in [1.807, 2.05) is 13.0 Å². The van der Waals surface area contributed by atoms with Crippen LogP contribution in [0.1, 0.15) is 19.4 Å². The van der Waals surface area contributed by atoms with Crippen LogP contribution < -0.4 is 10.6 Å². The quantitative estimate of drug-likeness (QED) is 0.745. The van der Waals surface area contributed by atoms with E-state index in [4.69, 9.17) is 0 Å². The van der Waals surface area contributed by atoms with Gasteiger partial charge in [0, 0.05) is 25.5 Å². The maximum absolute atomic E-state index is 11.9. The van der Waals surface area contributed by atoms with Gasteiger partial charge in [-0.1, -0.05) is 11.6 Å². The molecule has 2 N–H and O–H groups in total. The lowest BCUT2D eigenvalue weighted by Gasteiger charge is -2.16. The van der Waals surface area contributed by atoms with Gasteiger partial charge in [0.15, 0.2) is 0 Å². The van der Waals surface area contributed by atoms with Crippen molar-refractivity contribution in [2.75, 3.05) is 19.6 Å². The second-order valence-electron chi connectivity index (χ2n) is 4.20. The summed E-state index contributed by atoms with van der Waals surface area (Å²) in [4.78, 5) is 11.9. The van der Waals surface area contributed by atoms with Crippen LogP contribution in [0, 0.1) is 0 Å². The molecule has 0 fully saturated rings. The van der Waals surface area contributed by atoms with Crippen LogP contribution >= 0.6 is 0 Å². The predicted molar refractivity (Wildman–Crippen MR) is 65.5 cm³/mol. The smallest absolute Gasteiger partial charge is 0.244 e. The highest BCUT2D eigenvalue weighted by molar-refractivity contribution is 5.79. The highest BCUT2D eigenvalue weighted by Gasteiger charge is 2.14. The number of nitrogens with zero attached hydrogens (tertiary/aromatic N) is 2. The number of amides is 1. The molecular formula is C12H18N4O. The summed E-state index contributed by atoms with van der Waals surface area (Å²) in [7, 11) is 0. The number of rotatable bonds is 4. The van der Waals surface area contributed by atoms with Gasteiger partial charge in [-0.15, -0.1) is 0 Å². The van der Waals surface area contributed by atoms with Crippen molar-refractivity contribution in [3.63, 3.8) is 0 Å². The maximum atomic E-state index is 11.9. The molecule has 0 aromatic carbocycles. The summed E-state index contributed by atoms with van der Waals surface area (Å²) in [6, 6.07) is 1.56. The van der Waals surface area contributed by atoms with E-state index in [1.54, 1.807) is 17.1 Å². The van der Waals surface area contributed by atoms with E-state index >= 15 is 0 Å². The fraction of sp³-hybridized carbons (Fsp3) is 0.500. The van der Waals surface area contributed by atoms with Gasteiger partial charge in [0.05, 0.1) is 0 Å². The molecule has 1 aromatic rings. The van der Waals surface area contributed by atoms with Crippen LogP contribution in [0.2, 0.25) is 0 Å². The maximum Gasteiger partial charge on any atom is 0.244 e. The molecule has 0 bridgehead atoms. The molecule has 0 aliphatic carbocycles. The first kappa shape index (κ1) is 11.9. The molecule has 0 spiro atoms. The monoisotopic (exact) mass is 234 g/mol. The standard InChI is InChI=1S/C12H18N4O/c1-10(16-8-2-5-15-16)12(17)14-9-11-3-6-13-7-4-11/h2-3,5,8,10,13H,4,6-7,9H2,1H3,(H,14,17). The molecule has 1 amide bonds. The zero-order valence-corrected chi connectivity index (χ0v) is 10.0. The summed E-state index contributed by atoms with van der Waals surface area (Å²) in [5, 5.41) is 10.3. The van der Waals surface area contributed by atoms with Gasteiger partial charge in [0.2, 0.25) is 5.91 Å². The van der Waals surface area contributed by atoms with Crippen molar-refractivity contribution in [2.45, 2.75) is 19.4 Å². The molecule has 2 rings (SSSR count). The molecule has 1 aromatic heterocycles. The third kappa shape index (κ3) is 3.17. The highest BCUT2D eigenvalue weighted by Crippen LogP contribution is 2.05. The van der Waals surface area contributed by atoms with E-state index in [0.717, 1.165) is 19.5 Å². The summed E-state index contributed by atoms with van der Waals surface area (Å²) in [6.45, 7) is 4.39. The molecule has 0 radical (unpaired) electrons. The van der Waals surface area contributed by atoms with Crippen LogP contribution in [0.25, 0.3) is 0 Å². The third-order valence-corrected chi connectivity index (χ3v) is 2.95. The second-order valence-corrected chi connectivity index (χ2v) is 4.20. The van der Waals surface area contributed by atoms with Crippen molar-refractivity contribution in [1.29, 1.82) is 0 Å². The Morgan fingerprint density at radius 3 is 3.24 bits per heavy atom. The zero-order chi connectivity index (χ0) is 12.1. The van der Waals surface area contributed by atoms with Gasteiger partial charge in [-0.05, 0) is 26.0 Å². The summed E-state index contributed by atoms with van der Waals surface area (Å²) in [5.74, 6) is 0.00753. The van der Waals surface area contributed by atoms with Crippen LogP contribution in [0.15, 0.2) is 30.1 Å². The first-order valence-corrected chi connectivity index (χ1v) is 5.93. The fourth-order valence-electron chi connectivity index (χ4n) is 1.81. The van der Waals surface area contributed by atoms with Crippen LogP contribution in [-0.2, 0) is 4.79 Å². The molecule has 17 heavy (non-hydrogen) atoms. The van der Waals surface area contributed by atoms with Gasteiger partial charge in [0.25, 0.3) is 0 Å². The molecule has 0 saturated heterocycles. The molecule has 1 aliphatic heterocycles. The molecule has 0 saturated carbocycles. The summed E-state index contributed by atoms with van der Waals surface area (Å²) < 4.78 is 1.66. The van der Waals surface area contributed by atoms with Crippen molar-refractivity contribution < 1.29 is 4.79 Å². The lowest BCUT2D eigenvalue weighted by molar-refractivity contribution is -0.123. The van der Waals surface area contributed by atoms with Crippen molar-refractivity contribution >= 4 is 5.91 Å². The van der Waals surface area contributed by atoms with E-state index in [-0.39, 0.29) is 11.9 Å². The van der Waals surface area contributed by atoms with Crippen LogP contribution in [0.4, 0.5) is 0 Å². The summed E-state index contributed by atoms with van der Waals surface area (Å²) >= 11 is 0. The summed E-state index contributed by atoms with van der Waals surface area (Å²) in [5.41, 5.74) is 1.30. The van der Waals surface area contributed by atoms with Gasteiger partial charge in [0.1, 0.15) is 6.04 Å². The van der Waals surface area contributed by atoms with Crippen LogP contribution in [0.3, 0.4) is 0 Å². The number of hydrogen-bond donors (Lipinski definition) is 2. The van der Waals surface area contributed by atoms with Crippen molar-refractivity contribution in [2.24, 2.45) is 0 Å². The van der Waals surface area contributed by atoms with E-state index < -0.39 is 0 Å². The average Bonchev–Trinajstić information content (AvgIpc) is 2.90. The molecule has 5 heteroatoms. The van der Waals surface area contributed by atoms with Crippen molar-refractivity contribution in [3.8, 4) is 0 Å². The van der Waals surface area contributed by atoms with E-state index in [9.17, 15) is 4.79 Å². The van der Waals surface area contributed by atoms with Crippen LogP contribution in [-0.4, -0.2) is 35.3 Å². The van der Waals surface area contributed by atoms with E-state index in [2.05, 4.69) is 21.8 Å². The predicted octanol–water partition coefficient (Wildman–Crippen LogP) is 0.480. The minimum absolute atomic E-state index is 0.00753. The number of aromatic nitrogens is 2. The number of carbonyl (C=O) groups excluding carboxylic acids is 1. The molecule has 5 nitrogen and oxygen atoms in total. The zero-order valence-electron chi connectivity index (χ0n) is 10.0.